The molecule has 2 aromatic rings. The SMILES string of the molecule is N#Cc1ccc2sc(Cl)cc2c1CO. The van der Waals surface area contributed by atoms with Crippen LogP contribution in [0.3, 0.4) is 0 Å². The van der Waals surface area contributed by atoms with E-state index in [-0.39, 0.29) is 6.61 Å². The van der Waals surface area contributed by atoms with Crippen LogP contribution in [-0.4, -0.2) is 5.11 Å². The molecule has 1 aromatic carbocycles. The maximum atomic E-state index is 9.17. The number of fused-ring (bicyclic) bond motifs is 1. The summed E-state index contributed by atoms with van der Waals surface area (Å²) in [5, 5.41) is 18.9. The molecular weight excluding hydrogens is 218 g/mol. The molecule has 0 radical (unpaired) electrons. The number of aliphatic hydroxyl groups excluding tert-OH is 1. The van der Waals surface area contributed by atoms with Crippen LogP contribution in [0.1, 0.15) is 11.1 Å². The Bertz CT molecular complexity index is 527. The molecule has 14 heavy (non-hydrogen) atoms. The van der Waals surface area contributed by atoms with Crippen LogP contribution in [0, 0.1) is 11.3 Å². The zero-order valence-electron chi connectivity index (χ0n) is 7.12. The van der Waals surface area contributed by atoms with Gasteiger partial charge in [0, 0.05) is 15.6 Å². The molecule has 0 atom stereocenters. The van der Waals surface area contributed by atoms with Gasteiger partial charge in [-0.3, -0.25) is 0 Å². The lowest BCUT2D eigenvalue weighted by Gasteiger charge is -2.00. The van der Waals surface area contributed by atoms with Crippen molar-refractivity contribution >= 4 is 33.0 Å². The summed E-state index contributed by atoms with van der Waals surface area (Å²) >= 11 is 7.31. The second-order valence-corrected chi connectivity index (χ2v) is 4.54. The van der Waals surface area contributed by atoms with E-state index in [1.54, 1.807) is 12.1 Å². The Labute approximate surface area is 90.0 Å². The third-order valence-electron chi connectivity index (χ3n) is 2.06. The third kappa shape index (κ3) is 1.38. The average Bonchev–Trinajstić information content (AvgIpc) is 2.56. The lowest BCUT2D eigenvalue weighted by atomic mass is 10.1. The minimum atomic E-state index is -0.132. The summed E-state index contributed by atoms with van der Waals surface area (Å²) in [6, 6.07) is 7.39. The number of hydrogen-bond donors (Lipinski definition) is 1. The van der Waals surface area contributed by atoms with Crippen molar-refractivity contribution in [2.75, 3.05) is 0 Å². The highest BCUT2D eigenvalue weighted by atomic mass is 35.5. The first-order chi connectivity index (χ1) is 6.76. The molecule has 4 heteroatoms. The Morgan fingerprint density at radius 1 is 1.50 bits per heavy atom. The molecule has 0 aliphatic heterocycles. The standard InChI is InChI=1S/C10H6ClNOS/c11-10-3-7-8(5-13)6(4-12)1-2-9(7)14-10/h1-3,13H,5H2. The van der Waals surface area contributed by atoms with E-state index in [1.165, 1.54) is 11.3 Å². The van der Waals surface area contributed by atoms with E-state index in [4.69, 9.17) is 22.0 Å². The number of aliphatic hydroxyl groups is 1. The Morgan fingerprint density at radius 3 is 2.93 bits per heavy atom. The molecule has 0 fully saturated rings. The Hall–Kier alpha value is -1.08. The Balaban J connectivity index is 2.84. The van der Waals surface area contributed by atoms with Gasteiger partial charge in [0.05, 0.1) is 22.6 Å². The molecule has 0 unspecified atom stereocenters. The first kappa shape index (κ1) is 9.47. The van der Waals surface area contributed by atoms with Crippen molar-refractivity contribution in [3.8, 4) is 6.07 Å². The highest BCUT2D eigenvalue weighted by Crippen LogP contribution is 2.32. The number of hydrogen-bond acceptors (Lipinski definition) is 3. The van der Waals surface area contributed by atoms with Gasteiger partial charge in [0.25, 0.3) is 0 Å². The lowest BCUT2D eigenvalue weighted by molar-refractivity contribution is 0.283. The average molecular weight is 224 g/mol. The van der Waals surface area contributed by atoms with Gasteiger partial charge in [0.1, 0.15) is 0 Å². The van der Waals surface area contributed by atoms with Crippen molar-refractivity contribution in [1.82, 2.24) is 0 Å². The summed E-state index contributed by atoms with van der Waals surface area (Å²) in [7, 11) is 0. The summed E-state index contributed by atoms with van der Waals surface area (Å²) < 4.78 is 1.67. The van der Waals surface area contributed by atoms with Crippen LogP contribution >= 0.6 is 22.9 Å². The zero-order valence-corrected chi connectivity index (χ0v) is 8.69. The molecular formula is C10H6ClNOS. The fourth-order valence-corrected chi connectivity index (χ4v) is 2.59. The minimum Gasteiger partial charge on any atom is -0.392 e. The van der Waals surface area contributed by atoms with Gasteiger partial charge in [0.2, 0.25) is 0 Å². The smallest absolute Gasteiger partial charge is 0.0995 e. The molecule has 70 valence electrons. The molecule has 0 bridgehead atoms. The molecule has 0 spiro atoms. The molecule has 0 saturated heterocycles. The molecule has 2 rings (SSSR count). The second kappa shape index (κ2) is 3.58. The zero-order chi connectivity index (χ0) is 10.1. The van der Waals surface area contributed by atoms with Crippen molar-refractivity contribution in [2.45, 2.75) is 6.61 Å². The van der Waals surface area contributed by atoms with E-state index in [0.29, 0.717) is 15.5 Å². The van der Waals surface area contributed by atoms with Gasteiger partial charge in [-0.05, 0) is 18.2 Å². The highest BCUT2D eigenvalue weighted by Gasteiger charge is 2.08. The monoisotopic (exact) mass is 223 g/mol. The Morgan fingerprint density at radius 2 is 2.29 bits per heavy atom. The number of nitrogens with zero attached hydrogens (tertiary/aromatic N) is 1. The van der Waals surface area contributed by atoms with Crippen molar-refractivity contribution in [1.29, 1.82) is 5.26 Å². The molecule has 1 aromatic heterocycles. The molecule has 0 aliphatic rings. The quantitative estimate of drug-likeness (QED) is 0.808. The van der Waals surface area contributed by atoms with Crippen LogP contribution < -0.4 is 0 Å². The van der Waals surface area contributed by atoms with Crippen molar-refractivity contribution < 1.29 is 5.11 Å². The predicted molar refractivity (Wildman–Crippen MR) is 57.5 cm³/mol. The van der Waals surface area contributed by atoms with Crippen LogP contribution in [0.5, 0.6) is 0 Å². The van der Waals surface area contributed by atoms with E-state index in [2.05, 4.69) is 0 Å². The molecule has 0 aliphatic carbocycles. The first-order valence-corrected chi connectivity index (χ1v) is 5.17. The highest BCUT2D eigenvalue weighted by molar-refractivity contribution is 7.22. The third-order valence-corrected chi connectivity index (χ3v) is 3.29. The summed E-state index contributed by atoms with van der Waals surface area (Å²) in [6.07, 6.45) is 0. The number of nitriles is 1. The van der Waals surface area contributed by atoms with Crippen LogP contribution in [0.15, 0.2) is 18.2 Å². The van der Waals surface area contributed by atoms with Crippen LogP contribution in [0.25, 0.3) is 10.1 Å². The predicted octanol–water partition coefficient (Wildman–Crippen LogP) is 2.92. The van der Waals surface area contributed by atoms with Crippen LogP contribution in [-0.2, 0) is 6.61 Å². The van der Waals surface area contributed by atoms with E-state index < -0.39 is 0 Å². The molecule has 0 amide bonds. The Kier molecular flexibility index (Phi) is 2.42. The fourth-order valence-electron chi connectivity index (χ4n) is 1.41. The van der Waals surface area contributed by atoms with Crippen molar-refractivity contribution in [3.05, 3.63) is 33.7 Å². The van der Waals surface area contributed by atoms with E-state index in [0.717, 1.165) is 10.1 Å². The second-order valence-electron chi connectivity index (χ2n) is 2.82. The number of benzene rings is 1. The van der Waals surface area contributed by atoms with Gasteiger partial charge in [-0.15, -0.1) is 11.3 Å². The lowest BCUT2D eigenvalue weighted by Crippen LogP contribution is -1.89. The van der Waals surface area contributed by atoms with Crippen molar-refractivity contribution in [3.63, 3.8) is 0 Å². The number of halogens is 1. The minimum absolute atomic E-state index is 0.132. The summed E-state index contributed by atoms with van der Waals surface area (Å²) in [5.74, 6) is 0. The van der Waals surface area contributed by atoms with Gasteiger partial charge < -0.3 is 5.11 Å². The number of rotatable bonds is 1. The molecule has 1 heterocycles. The summed E-state index contributed by atoms with van der Waals surface area (Å²) in [5.41, 5.74) is 1.17. The van der Waals surface area contributed by atoms with E-state index >= 15 is 0 Å². The first-order valence-electron chi connectivity index (χ1n) is 3.98. The van der Waals surface area contributed by atoms with Crippen LogP contribution in [0.4, 0.5) is 0 Å². The maximum absolute atomic E-state index is 9.17. The fraction of sp³-hybridized carbons (Fsp3) is 0.100. The van der Waals surface area contributed by atoms with E-state index in [9.17, 15) is 0 Å². The van der Waals surface area contributed by atoms with Crippen molar-refractivity contribution in [2.24, 2.45) is 0 Å². The van der Waals surface area contributed by atoms with E-state index in [1.807, 2.05) is 12.1 Å². The van der Waals surface area contributed by atoms with Crippen LogP contribution in [0.2, 0.25) is 4.34 Å². The molecule has 0 saturated carbocycles. The van der Waals surface area contributed by atoms with Gasteiger partial charge in [-0.2, -0.15) is 5.26 Å². The normalized spacial score (nSPS) is 10.4. The molecule has 2 nitrogen and oxygen atoms in total. The summed E-state index contributed by atoms with van der Waals surface area (Å²) in [4.78, 5) is 0. The van der Waals surface area contributed by atoms with Gasteiger partial charge in [-0.25, -0.2) is 0 Å². The number of thiophene rings is 1. The largest absolute Gasteiger partial charge is 0.392 e. The van der Waals surface area contributed by atoms with Gasteiger partial charge >= 0.3 is 0 Å². The molecule has 1 N–H and O–H groups in total. The van der Waals surface area contributed by atoms with Gasteiger partial charge in [0.15, 0.2) is 0 Å². The van der Waals surface area contributed by atoms with Gasteiger partial charge in [-0.1, -0.05) is 11.6 Å². The maximum Gasteiger partial charge on any atom is 0.0995 e. The summed E-state index contributed by atoms with van der Waals surface area (Å²) in [6.45, 7) is -0.132. The topological polar surface area (TPSA) is 44.0 Å².